The van der Waals surface area contributed by atoms with E-state index in [0.29, 0.717) is 6.61 Å². The molecule has 0 amide bonds. The number of anilines is 1. The molecule has 0 heterocycles. The van der Waals surface area contributed by atoms with Gasteiger partial charge in [-0.05, 0) is 49.9 Å². The van der Waals surface area contributed by atoms with Crippen LogP contribution in [0.5, 0.6) is 0 Å². The predicted octanol–water partition coefficient (Wildman–Crippen LogP) is 3.33. The smallest absolute Gasteiger partial charge is 0.0431 e. The van der Waals surface area contributed by atoms with E-state index in [0.717, 1.165) is 36.0 Å². The second kappa shape index (κ2) is 6.85. The number of hydrogen-bond donors (Lipinski definition) is 2. The fourth-order valence-electron chi connectivity index (χ4n) is 1.48. The van der Waals surface area contributed by atoms with Gasteiger partial charge in [0, 0.05) is 23.3 Å². The van der Waals surface area contributed by atoms with Crippen LogP contribution in [0.15, 0.2) is 22.7 Å². The highest BCUT2D eigenvalue weighted by Crippen LogP contribution is 2.18. The first-order valence-corrected chi connectivity index (χ1v) is 6.13. The van der Waals surface area contributed by atoms with E-state index >= 15 is 0 Å². The van der Waals surface area contributed by atoms with E-state index in [9.17, 15) is 0 Å². The first-order valence-electron chi connectivity index (χ1n) is 5.34. The Bertz CT molecular complexity index is 281. The predicted molar refractivity (Wildman–Crippen MR) is 68.3 cm³/mol. The number of aliphatic hydroxyl groups excluding tert-OH is 1. The van der Waals surface area contributed by atoms with Gasteiger partial charge in [-0.25, -0.2) is 0 Å². The minimum atomic E-state index is 0.302. The zero-order valence-electron chi connectivity index (χ0n) is 9.09. The molecule has 0 radical (unpaired) electrons. The number of aliphatic hydroxyl groups is 1. The topological polar surface area (TPSA) is 32.3 Å². The molecule has 0 aliphatic heterocycles. The van der Waals surface area contributed by atoms with Crippen LogP contribution in [0.3, 0.4) is 0 Å². The van der Waals surface area contributed by atoms with Crippen LogP contribution in [-0.2, 0) is 0 Å². The summed E-state index contributed by atoms with van der Waals surface area (Å²) in [7, 11) is 0. The number of halogens is 1. The zero-order valence-corrected chi connectivity index (χ0v) is 10.7. The Hall–Kier alpha value is -0.540. The van der Waals surface area contributed by atoms with E-state index in [4.69, 9.17) is 5.11 Å². The molecule has 3 heteroatoms. The minimum Gasteiger partial charge on any atom is -0.396 e. The molecular weight excluding hydrogens is 254 g/mol. The lowest BCUT2D eigenvalue weighted by Gasteiger charge is -2.07. The molecule has 0 aromatic heterocycles. The van der Waals surface area contributed by atoms with Crippen LogP contribution in [0.25, 0.3) is 0 Å². The lowest BCUT2D eigenvalue weighted by atomic mass is 10.2. The van der Waals surface area contributed by atoms with Crippen molar-refractivity contribution in [3.05, 3.63) is 28.2 Å². The van der Waals surface area contributed by atoms with Gasteiger partial charge < -0.3 is 10.4 Å². The lowest BCUT2D eigenvalue weighted by molar-refractivity contribution is 0.283. The molecule has 15 heavy (non-hydrogen) atoms. The van der Waals surface area contributed by atoms with Crippen molar-refractivity contribution in [1.29, 1.82) is 0 Å². The molecule has 0 saturated carbocycles. The molecule has 1 aromatic rings. The normalized spacial score (nSPS) is 10.3. The van der Waals surface area contributed by atoms with Gasteiger partial charge in [-0.3, -0.25) is 0 Å². The molecule has 0 atom stereocenters. The van der Waals surface area contributed by atoms with Crippen molar-refractivity contribution in [2.45, 2.75) is 26.2 Å². The number of benzene rings is 1. The third kappa shape index (κ3) is 5.19. The van der Waals surface area contributed by atoms with Gasteiger partial charge in [0.1, 0.15) is 0 Å². The summed E-state index contributed by atoms with van der Waals surface area (Å²) < 4.78 is 1.11. The van der Waals surface area contributed by atoms with Gasteiger partial charge >= 0.3 is 0 Å². The second-order valence-electron chi connectivity index (χ2n) is 3.73. The molecule has 1 rings (SSSR count). The molecule has 0 fully saturated rings. The van der Waals surface area contributed by atoms with Crippen molar-refractivity contribution in [3.8, 4) is 0 Å². The average Bonchev–Trinajstić information content (AvgIpc) is 2.16. The summed E-state index contributed by atoms with van der Waals surface area (Å²) in [6, 6.07) is 6.31. The van der Waals surface area contributed by atoms with Crippen LogP contribution in [-0.4, -0.2) is 18.3 Å². The Morgan fingerprint density at radius 3 is 2.67 bits per heavy atom. The van der Waals surface area contributed by atoms with Gasteiger partial charge in [0.25, 0.3) is 0 Å². The van der Waals surface area contributed by atoms with E-state index in [1.807, 2.05) is 0 Å². The van der Waals surface area contributed by atoms with E-state index in [1.165, 1.54) is 5.56 Å². The minimum absolute atomic E-state index is 0.302. The monoisotopic (exact) mass is 271 g/mol. The Labute approximate surface area is 99.8 Å². The van der Waals surface area contributed by atoms with Crippen LogP contribution in [0.1, 0.15) is 24.8 Å². The van der Waals surface area contributed by atoms with Gasteiger partial charge in [-0.2, -0.15) is 0 Å². The number of nitrogens with one attached hydrogen (secondary N) is 1. The fourth-order valence-corrected chi connectivity index (χ4v) is 2.09. The molecule has 0 saturated heterocycles. The molecular formula is C12H18BrNO. The number of hydrogen-bond acceptors (Lipinski definition) is 2. The number of rotatable bonds is 6. The highest BCUT2D eigenvalue weighted by Gasteiger charge is 1.95. The first-order chi connectivity index (χ1) is 7.22. The van der Waals surface area contributed by atoms with Gasteiger partial charge in [-0.15, -0.1) is 0 Å². The lowest BCUT2D eigenvalue weighted by Crippen LogP contribution is -2.02. The summed E-state index contributed by atoms with van der Waals surface area (Å²) in [4.78, 5) is 0. The van der Waals surface area contributed by atoms with Crippen molar-refractivity contribution in [3.63, 3.8) is 0 Å². The van der Waals surface area contributed by atoms with Crippen LogP contribution >= 0.6 is 15.9 Å². The molecule has 1 aromatic carbocycles. The Morgan fingerprint density at radius 2 is 2.00 bits per heavy atom. The third-order valence-electron chi connectivity index (χ3n) is 2.21. The van der Waals surface area contributed by atoms with E-state index < -0.39 is 0 Å². The third-order valence-corrected chi connectivity index (χ3v) is 2.66. The van der Waals surface area contributed by atoms with Gasteiger partial charge in [0.2, 0.25) is 0 Å². The van der Waals surface area contributed by atoms with Gasteiger partial charge in [0.05, 0.1) is 0 Å². The summed E-state index contributed by atoms with van der Waals surface area (Å²) in [5, 5.41) is 12.0. The van der Waals surface area contributed by atoms with Crippen LogP contribution in [0, 0.1) is 6.92 Å². The summed E-state index contributed by atoms with van der Waals surface area (Å²) in [6.07, 6.45) is 3.09. The molecule has 0 unspecified atom stereocenters. The molecule has 0 aliphatic rings. The number of unbranched alkanes of at least 4 members (excludes halogenated alkanes) is 2. The molecule has 84 valence electrons. The standard InChI is InChI=1S/C12H18BrNO/c1-10-7-11(13)9-12(8-10)14-5-3-2-4-6-15/h7-9,14-15H,2-6H2,1H3. The summed E-state index contributed by atoms with van der Waals surface area (Å²) in [5.74, 6) is 0. The first kappa shape index (κ1) is 12.5. The van der Waals surface area contributed by atoms with Crippen LogP contribution < -0.4 is 5.32 Å². The Balaban J connectivity index is 2.31. The van der Waals surface area contributed by atoms with E-state index in [-0.39, 0.29) is 0 Å². The molecule has 0 bridgehead atoms. The van der Waals surface area contributed by atoms with Crippen molar-refractivity contribution in [2.75, 3.05) is 18.5 Å². The maximum atomic E-state index is 8.63. The average molecular weight is 272 g/mol. The molecule has 2 N–H and O–H groups in total. The maximum absolute atomic E-state index is 8.63. The van der Waals surface area contributed by atoms with E-state index in [1.54, 1.807) is 0 Å². The summed E-state index contributed by atoms with van der Waals surface area (Å²) >= 11 is 3.47. The largest absolute Gasteiger partial charge is 0.396 e. The van der Waals surface area contributed by atoms with Crippen LogP contribution in [0.2, 0.25) is 0 Å². The van der Waals surface area contributed by atoms with Crippen LogP contribution in [0.4, 0.5) is 5.69 Å². The summed E-state index contributed by atoms with van der Waals surface area (Å²) in [5.41, 5.74) is 2.41. The highest BCUT2D eigenvalue weighted by molar-refractivity contribution is 9.10. The maximum Gasteiger partial charge on any atom is 0.0431 e. The SMILES string of the molecule is Cc1cc(Br)cc(NCCCCCO)c1. The molecule has 0 aliphatic carbocycles. The van der Waals surface area contributed by atoms with E-state index in [2.05, 4.69) is 46.4 Å². The molecule has 0 spiro atoms. The Kier molecular flexibility index (Phi) is 5.73. The van der Waals surface area contributed by atoms with Gasteiger partial charge in [0.15, 0.2) is 0 Å². The van der Waals surface area contributed by atoms with Crippen molar-refractivity contribution >= 4 is 21.6 Å². The second-order valence-corrected chi connectivity index (χ2v) is 4.64. The molecule has 2 nitrogen and oxygen atoms in total. The zero-order chi connectivity index (χ0) is 11.1. The van der Waals surface area contributed by atoms with Crippen molar-refractivity contribution < 1.29 is 5.11 Å². The Morgan fingerprint density at radius 1 is 1.20 bits per heavy atom. The van der Waals surface area contributed by atoms with Crippen molar-refractivity contribution in [1.82, 2.24) is 0 Å². The fraction of sp³-hybridized carbons (Fsp3) is 0.500. The van der Waals surface area contributed by atoms with Gasteiger partial charge in [-0.1, -0.05) is 15.9 Å². The highest BCUT2D eigenvalue weighted by atomic mass is 79.9. The quantitative estimate of drug-likeness (QED) is 0.778. The summed E-state index contributed by atoms with van der Waals surface area (Å²) in [6.45, 7) is 3.35. The van der Waals surface area contributed by atoms with Crippen molar-refractivity contribution in [2.24, 2.45) is 0 Å². The number of aryl methyl sites for hydroxylation is 1.